The number of benzene rings is 1. The smallest absolute Gasteiger partial charge is 0.241 e. The molecule has 1 aromatic heterocycles. The molecule has 2 aromatic rings. The van der Waals surface area contributed by atoms with Crippen molar-refractivity contribution in [3.8, 4) is 0 Å². The lowest BCUT2D eigenvalue weighted by Crippen LogP contribution is -2.38. The van der Waals surface area contributed by atoms with E-state index in [0.29, 0.717) is 17.8 Å². The number of carbonyl (C=O) groups excluding carboxylic acids is 1. The molecule has 6 nitrogen and oxygen atoms in total. The fourth-order valence-corrected chi connectivity index (χ4v) is 3.11. The Morgan fingerprint density at radius 1 is 1.33 bits per heavy atom. The summed E-state index contributed by atoms with van der Waals surface area (Å²) >= 11 is 0. The molecule has 2 heterocycles. The molecular formula is C17H22FN5O. The minimum absolute atomic E-state index is 0.0984. The summed E-state index contributed by atoms with van der Waals surface area (Å²) in [5.41, 5.74) is 6.73. The Balaban J connectivity index is 1.65. The number of nitrogens with zero attached hydrogens (tertiary/aromatic N) is 3. The molecule has 1 aromatic carbocycles. The van der Waals surface area contributed by atoms with E-state index in [1.165, 1.54) is 16.9 Å². The molecule has 1 aliphatic heterocycles. The maximum Gasteiger partial charge on any atom is 0.241 e. The number of nitrogen functional groups attached to an aromatic ring is 1. The van der Waals surface area contributed by atoms with E-state index in [1.54, 1.807) is 18.3 Å². The number of hydrogen-bond acceptors (Lipinski definition) is 4. The molecule has 0 saturated carbocycles. The van der Waals surface area contributed by atoms with E-state index in [0.717, 1.165) is 25.9 Å². The van der Waals surface area contributed by atoms with Crippen LogP contribution in [0.25, 0.3) is 0 Å². The number of nitrogens with one attached hydrogen (secondary N) is 1. The first-order valence-corrected chi connectivity index (χ1v) is 8.16. The van der Waals surface area contributed by atoms with E-state index in [2.05, 4.69) is 15.3 Å². The third-order valence-corrected chi connectivity index (χ3v) is 4.30. The van der Waals surface area contributed by atoms with Crippen LogP contribution in [0, 0.1) is 5.82 Å². The predicted molar refractivity (Wildman–Crippen MR) is 89.6 cm³/mol. The van der Waals surface area contributed by atoms with E-state index in [1.807, 2.05) is 6.07 Å². The van der Waals surface area contributed by atoms with Crippen LogP contribution in [0.5, 0.6) is 0 Å². The number of likely N-dealkylation sites (tertiary alicyclic amines) is 1. The molecule has 1 atom stereocenters. The highest BCUT2D eigenvalue weighted by Crippen LogP contribution is 2.26. The van der Waals surface area contributed by atoms with Crippen molar-refractivity contribution in [3.63, 3.8) is 0 Å². The minimum Gasteiger partial charge on any atom is -0.396 e. The van der Waals surface area contributed by atoms with Gasteiger partial charge in [0.25, 0.3) is 0 Å². The summed E-state index contributed by atoms with van der Waals surface area (Å²) in [4.78, 5) is 14.4. The second-order valence-electron chi connectivity index (χ2n) is 6.06. The third kappa shape index (κ3) is 3.91. The van der Waals surface area contributed by atoms with E-state index in [4.69, 9.17) is 5.73 Å². The summed E-state index contributed by atoms with van der Waals surface area (Å²) in [6.07, 6.45) is 5.31. The third-order valence-electron chi connectivity index (χ3n) is 4.30. The molecule has 1 aliphatic rings. The second kappa shape index (κ2) is 7.44. The molecule has 1 saturated heterocycles. The zero-order valence-electron chi connectivity index (χ0n) is 13.5. The number of carbonyl (C=O) groups is 1. The number of hydrogen-bond donors (Lipinski definition) is 2. The van der Waals surface area contributed by atoms with Crippen molar-refractivity contribution in [1.29, 1.82) is 0 Å². The average molecular weight is 331 g/mol. The van der Waals surface area contributed by atoms with Gasteiger partial charge in [-0.25, -0.2) is 4.39 Å². The summed E-state index contributed by atoms with van der Waals surface area (Å²) < 4.78 is 15.7. The number of anilines is 1. The van der Waals surface area contributed by atoms with Crippen molar-refractivity contribution >= 4 is 11.6 Å². The molecule has 24 heavy (non-hydrogen) atoms. The highest BCUT2D eigenvalue weighted by Gasteiger charge is 2.26. The van der Waals surface area contributed by atoms with Gasteiger partial charge in [0.2, 0.25) is 5.91 Å². The molecule has 0 radical (unpaired) electrons. The molecular weight excluding hydrogens is 309 g/mol. The first-order chi connectivity index (χ1) is 11.6. The Kier molecular flexibility index (Phi) is 5.10. The van der Waals surface area contributed by atoms with Crippen molar-refractivity contribution in [2.75, 3.05) is 25.4 Å². The highest BCUT2D eigenvalue weighted by molar-refractivity contribution is 5.75. The molecule has 1 fully saturated rings. The van der Waals surface area contributed by atoms with Gasteiger partial charge in [-0.05, 0) is 32.0 Å². The van der Waals surface area contributed by atoms with Crippen LogP contribution in [0.15, 0.2) is 36.7 Å². The van der Waals surface area contributed by atoms with Gasteiger partial charge in [-0.15, -0.1) is 0 Å². The first-order valence-electron chi connectivity index (χ1n) is 8.16. The average Bonchev–Trinajstić information content (AvgIpc) is 3.21. The Hall–Kier alpha value is -2.41. The standard InChI is InChI=1S/C17H22FN5O/c18-15-6-2-1-5-14(15)16(22-7-3-4-8-22)10-20-17(24)12-23-11-13(19)9-21-23/h1-2,5-6,9,11,16H,3-4,7-8,10,12,19H2,(H,20,24). The number of amides is 1. The molecule has 128 valence electrons. The molecule has 3 rings (SSSR count). The Morgan fingerprint density at radius 3 is 2.75 bits per heavy atom. The molecule has 3 N–H and O–H groups in total. The van der Waals surface area contributed by atoms with Crippen LogP contribution in [-0.4, -0.2) is 40.2 Å². The van der Waals surface area contributed by atoms with E-state index < -0.39 is 0 Å². The van der Waals surface area contributed by atoms with Gasteiger partial charge < -0.3 is 11.1 Å². The van der Waals surface area contributed by atoms with Crippen molar-refractivity contribution in [2.45, 2.75) is 25.4 Å². The summed E-state index contributed by atoms with van der Waals surface area (Å²) in [6, 6.07) is 6.61. The largest absolute Gasteiger partial charge is 0.396 e. The van der Waals surface area contributed by atoms with Gasteiger partial charge in [0.05, 0.1) is 17.9 Å². The molecule has 0 spiro atoms. The van der Waals surface area contributed by atoms with E-state index >= 15 is 0 Å². The van der Waals surface area contributed by atoms with E-state index in [9.17, 15) is 9.18 Å². The van der Waals surface area contributed by atoms with Crippen molar-refractivity contribution < 1.29 is 9.18 Å². The number of halogens is 1. The second-order valence-corrected chi connectivity index (χ2v) is 6.06. The van der Waals surface area contributed by atoms with E-state index in [-0.39, 0.29) is 24.3 Å². The fourth-order valence-electron chi connectivity index (χ4n) is 3.11. The normalized spacial score (nSPS) is 16.2. The first kappa shape index (κ1) is 16.4. The van der Waals surface area contributed by atoms with Crippen LogP contribution in [0.2, 0.25) is 0 Å². The van der Waals surface area contributed by atoms with Gasteiger partial charge in [0.1, 0.15) is 12.4 Å². The lowest BCUT2D eigenvalue weighted by atomic mass is 10.0. The summed E-state index contributed by atoms with van der Waals surface area (Å²) in [7, 11) is 0. The van der Waals surface area contributed by atoms with Gasteiger partial charge in [-0.2, -0.15) is 5.10 Å². The van der Waals surface area contributed by atoms with Crippen molar-refractivity contribution in [2.24, 2.45) is 0 Å². The van der Waals surface area contributed by atoms with Gasteiger partial charge >= 0.3 is 0 Å². The summed E-state index contributed by atoms with van der Waals surface area (Å²) in [5, 5.41) is 6.89. The number of aromatic nitrogens is 2. The van der Waals surface area contributed by atoms with Crippen LogP contribution in [0.1, 0.15) is 24.4 Å². The lowest BCUT2D eigenvalue weighted by Gasteiger charge is -2.28. The van der Waals surface area contributed by atoms with Crippen LogP contribution >= 0.6 is 0 Å². The Bertz CT molecular complexity index is 696. The SMILES string of the molecule is Nc1cnn(CC(=O)NCC(c2ccccc2F)N2CCCC2)c1. The maximum atomic E-state index is 14.2. The minimum atomic E-state index is -0.233. The summed E-state index contributed by atoms with van der Waals surface area (Å²) in [6.45, 7) is 2.31. The Morgan fingerprint density at radius 2 is 2.08 bits per heavy atom. The molecule has 1 unspecified atom stereocenters. The maximum absolute atomic E-state index is 14.2. The lowest BCUT2D eigenvalue weighted by molar-refractivity contribution is -0.122. The zero-order chi connectivity index (χ0) is 16.9. The molecule has 0 bridgehead atoms. The van der Waals surface area contributed by atoms with Gasteiger partial charge in [-0.1, -0.05) is 18.2 Å². The quantitative estimate of drug-likeness (QED) is 0.842. The van der Waals surface area contributed by atoms with Crippen LogP contribution in [0.3, 0.4) is 0 Å². The summed E-state index contributed by atoms with van der Waals surface area (Å²) in [5.74, 6) is -0.401. The molecule has 0 aliphatic carbocycles. The highest BCUT2D eigenvalue weighted by atomic mass is 19.1. The zero-order valence-corrected chi connectivity index (χ0v) is 13.5. The van der Waals surface area contributed by atoms with Gasteiger partial charge in [0.15, 0.2) is 0 Å². The van der Waals surface area contributed by atoms with Gasteiger partial charge in [0, 0.05) is 18.3 Å². The van der Waals surface area contributed by atoms with Crippen LogP contribution in [0.4, 0.5) is 10.1 Å². The number of rotatable bonds is 6. The van der Waals surface area contributed by atoms with Gasteiger partial charge in [-0.3, -0.25) is 14.4 Å². The van der Waals surface area contributed by atoms with Crippen LogP contribution < -0.4 is 11.1 Å². The van der Waals surface area contributed by atoms with Crippen LogP contribution in [-0.2, 0) is 11.3 Å². The topological polar surface area (TPSA) is 76.2 Å². The number of nitrogens with two attached hydrogens (primary N) is 1. The monoisotopic (exact) mass is 331 g/mol. The molecule has 7 heteroatoms. The predicted octanol–water partition coefficient (Wildman–Crippen LogP) is 1.56. The molecule has 1 amide bonds. The fraction of sp³-hybridized carbons (Fsp3) is 0.412. The Labute approximate surface area is 140 Å². The van der Waals surface area contributed by atoms with Crippen molar-refractivity contribution in [1.82, 2.24) is 20.0 Å². The van der Waals surface area contributed by atoms with Crippen molar-refractivity contribution in [3.05, 3.63) is 48.0 Å².